The molecule has 5 heteroatoms. The Morgan fingerprint density at radius 2 is 2.05 bits per heavy atom. The van der Waals surface area contributed by atoms with Crippen molar-refractivity contribution in [2.24, 2.45) is 0 Å². The number of halogens is 2. The van der Waals surface area contributed by atoms with E-state index in [0.717, 1.165) is 20.6 Å². The monoisotopic (exact) mass is 369 g/mol. The first-order valence-electron chi connectivity index (χ1n) is 5.99. The van der Waals surface area contributed by atoms with Gasteiger partial charge in [-0.2, -0.15) is 0 Å². The van der Waals surface area contributed by atoms with Gasteiger partial charge in [-0.15, -0.1) is 11.8 Å². The van der Waals surface area contributed by atoms with Crippen molar-refractivity contribution in [3.63, 3.8) is 0 Å². The number of nitrogens with one attached hydrogen (secondary N) is 1. The largest absolute Gasteiger partial charge is 0.325 e. The van der Waals surface area contributed by atoms with Crippen LogP contribution in [0.25, 0.3) is 0 Å². The van der Waals surface area contributed by atoms with Gasteiger partial charge in [-0.3, -0.25) is 4.79 Å². The Balaban J connectivity index is 1.93. The topological polar surface area (TPSA) is 29.1 Å². The minimum atomic E-state index is -0.0503. The third-order valence-electron chi connectivity index (χ3n) is 2.65. The van der Waals surface area contributed by atoms with Crippen LogP contribution in [0.4, 0.5) is 5.69 Å². The maximum absolute atomic E-state index is 11.9. The first-order valence-corrected chi connectivity index (χ1v) is 8.15. The Kier molecular flexibility index (Phi) is 5.52. The van der Waals surface area contributed by atoms with E-state index in [-0.39, 0.29) is 5.91 Å². The van der Waals surface area contributed by atoms with E-state index in [2.05, 4.69) is 21.2 Å². The molecule has 0 radical (unpaired) electrons. The van der Waals surface area contributed by atoms with Gasteiger partial charge in [0.25, 0.3) is 0 Å². The molecule has 0 fully saturated rings. The number of carbonyl (C=O) groups is 1. The van der Waals surface area contributed by atoms with E-state index in [1.54, 1.807) is 0 Å². The molecule has 2 aromatic carbocycles. The predicted octanol–water partition coefficient (Wildman–Crippen LogP) is 5.14. The summed E-state index contributed by atoms with van der Waals surface area (Å²) >= 11 is 10.9. The van der Waals surface area contributed by atoms with Crippen LogP contribution in [0.15, 0.2) is 51.8 Å². The minimum absolute atomic E-state index is 0.0503. The van der Waals surface area contributed by atoms with E-state index < -0.39 is 0 Å². The Labute approximate surface area is 136 Å². The molecule has 0 unspecified atom stereocenters. The molecule has 2 rings (SSSR count). The van der Waals surface area contributed by atoms with Crippen LogP contribution in [0.2, 0.25) is 5.02 Å². The lowest BCUT2D eigenvalue weighted by Gasteiger charge is -2.07. The van der Waals surface area contributed by atoms with Crippen LogP contribution >= 0.6 is 39.3 Å². The van der Waals surface area contributed by atoms with Crippen molar-refractivity contribution in [2.45, 2.75) is 11.8 Å². The summed E-state index contributed by atoms with van der Waals surface area (Å²) in [5.74, 6) is 0.278. The standard InChI is InChI=1S/C15H13BrClNOS/c1-10-6-7-11(8-12(10)16)18-15(19)9-20-14-5-3-2-4-13(14)17/h2-8H,9H2,1H3,(H,18,19). The summed E-state index contributed by atoms with van der Waals surface area (Å²) in [6, 6.07) is 13.2. The number of carbonyl (C=O) groups excluding carboxylic acids is 1. The van der Waals surface area contributed by atoms with E-state index in [1.807, 2.05) is 49.4 Å². The van der Waals surface area contributed by atoms with Crippen LogP contribution in [0, 0.1) is 6.92 Å². The molecule has 104 valence electrons. The zero-order chi connectivity index (χ0) is 14.5. The highest BCUT2D eigenvalue weighted by molar-refractivity contribution is 9.10. The molecule has 0 aliphatic heterocycles. The molecule has 0 saturated carbocycles. The molecular formula is C15H13BrClNOS. The summed E-state index contributed by atoms with van der Waals surface area (Å²) in [5.41, 5.74) is 1.92. The van der Waals surface area contributed by atoms with Crippen LogP contribution in [0.1, 0.15) is 5.56 Å². The fraction of sp³-hybridized carbons (Fsp3) is 0.133. The van der Waals surface area contributed by atoms with Crippen molar-refractivity contribution < 1.29 is 4.79 Å². The van der Waals surface area contributed by atoms with Gasteiger partial charge in [-0.1, -0.05) is 45.7 Å². The fourth-order valence-corrected chi connectivity index (χ4v) is 2.99. The third kappa shape index (κ3) is 4.27. The highest BCUT2D eigenvalue weighted by atomic mass is 79.9. The Bertz CT molecular complexity index is 633. The van der Waals surface area contributed by atoms with Crippen molar-refractivity contribution in [2.75, 3.05) is 11.1 Å². The van der Waals surface area contributed by atoms with Gasteiger partial charge >= 0.3 is 0 Å². The van der Waals surface area contributed by atoms with Crippen molar-refractivity contribution in [1.29, 1.82) is 0 Å². The zero-order valence-electron chi connectivity index (χ0n) is 10.8. The summed E-state index contributed by atoms with van der Waals surface area (Å²) in [4.78, 5) is 12.8. The first-order chi connectivity index (χ1) is 9.56. The van der Waals surface area contributed by atoms with Gasteiger partial charge in [0.1, 0.15) is 0 Å². The average Bonchev–Trinajstić information content (AvgIpc) is 2.42. The Hall–Kier alpha value is -0.970. The van der Waals surface area contributed by atoms with Crippen LogP contribution in [0.3, 0.4) is 0 Å². The molecule has 0 bridgehead atoms. The quantitative estimate of drug-likeness (QED) is 0.755. The van der Waals surface area contributed by atoms with Gasteiger partial charge in [0.2, 0.25) is 5.91 Å². The van der Waals surface area contributed by atoms with Gasteiger partial charge in [-0.25, -0.2) is 0 Å². The summed E-state index contributed by atoms with van der Waals surface area (Å²) in [5, 5.41) is 3.54. The highest BCUT2D eigenvalue weighted by Crippen LogP contribution is 2.27. The summed E-state index contributed by atoms with van der Waals surface area (Å²) < 4.78 is 0.981. The highest BCUT2D eigenvalue weighted by Gasteiger charge is 2.06. The van der Waals surface area contributed by atoms with E-state index in [1.165, 1.54) is 11.8 Å². The van der Waals surface area contributed by atoms with Crippen LogP contribution in [0.5, 0.6) is 0 Å². The molecule has 1 amide bonds. The maximum atomic E-state index is 11.9. The van der Waals surface area contributed by atoms with E-state index in [0.29, 0.717) is 10.8 Å². The molecule has 0 spiro atoms. The number of anilines is 1. The third-order valence-corrected chi connectivity index (χ3v) is 5.02. The summed E-state index contributed by atoms with van der Waals surface area (Å²) in [6.45, 7) is 2.00. The average molecular weight is 371 g/mol. The molecule has 0 atom stereocenters. The summed E-state index contributed by atoms with van der Waals surface area (Å²) in [6.07, 6.45) is 0. The van der Waals surface area contributed by atoms with Crippen molar-refractivity contribution >= 4 is 50.9 Å². The molecule has 1 N–H and O–H groups in total. The van der Waals surface area contributed by atoms with E-state index in [4.69, 9.17) is 11.6 Å². The number of hydrogen-bond acceptors (Lipinski definition) is 2. The van der Waals surface area contributed by atoms with Crippen LogP contribution < -0.4 is 5.32 Å². The normalized spacial score (nSPS) is 10.3. The second kappa shape index (κ2) is 7.16. The lowest BCUT2D eigenvalue weighted by Crippen LogP contribution is -2.14. The molecule has 0 aromatic heterocycles. The number of hydrogen-bond donors (Lipinski definition) is 1. The van der Waals surface area contributed by atoms with Gasteiger partial charge in [-0.05, 0) is 36.8 Å². The Morgan fingerprint density at radius 3 is 2.75 bits per heavy atom. The van der Waals surface area contributed by atoms with Gasteiger partial charge in [0.05, 0.1) is 10.8 Å². The molecule has 2 aromatic rings. The molecular weight excluding hydrogens is 358 g/mol. The van der Waals surface area contributed by atoms with Crippen LogP contribution in [-0.4, -0.2) is 11.7 Å². The van der Waals surface area contributed by atoms with Gasteiger partial charge in [0.15, 0.2) is 0 Å². The van der Waals surface area contributed by atoms with Gasteiger partial charge in [0, 0.05) is 15.1 Å². The van der Waals surface area contributed by atoms with Crippen molar-refractivity contribution in [1.82, 2.24) is 0 Å². The summed E-state index contributed by atoms with van der Waals surface area (Å²) in [7, 11) is 0. The SMILES string of the molecule is Cc1ccc(NC(=O)CSc2ccccc2Cl)cc1Br. The maximum Gasteiger partial charge on any atom is 0.234 e. The molecule has 0 aliphatic carbocycles. The number of thioether (sulfide) groups is 1. The molecule has 0 saturated heterocycles. The number of aryl methyl sites for hydroxylation is 1. The van der Waals surface area contributed by atoms with E-state index >= 15 is 0 Å². The van der Waals surface area contributed by atoms with Crippen molar-refractivity contribution in [3.05, 3.63) is 57.5 Å². The smallest absolute Gasteiger partial charge is 0.234 e. The number of rotatable bonds is 4. The first kappa shape index (κ1) is 15.4. The van der Waals surface area contributed by atoms with Crippen molar-refractivity contribution in [3.8, 4) is 0 Å². The van der Waals surface area contributed by atoms with Gasteiger partial charge < -0.3 is 5.32 Å². The molecule has 0 aliphatic rings. The second-order valence-electron chi connectivity index (χ2n) is 4.23. The lowest BCUT2D eigenvalue weighted by atomic mass is 10.2. The minimum Gasteiger partial charge on any atom is -0.325 e. The fourth-order valence-electron chi connectivity index (χ4n) is 1.57. The number of amides is 1. The Morgan fingerprint density at radius 1 is 1.30 bits per heavy atom. The molecule has 0 heterocycles. The molecule has 20 heavy (non-hydrogen) atoms. The number of benzene rings is 2. The second-order valence-corrected chi connectivity index (χ2v) is 6.51. The molecule has 2 nitrogen and oxygen atoms in total. The zero-order valence-corrected chi connectivity index (χ0v) is 14.0. The van der Waals surface area contributed by atoms with Crippen LogP contribution in [-0.2, 0) is 4.79 Å². The predicted molar refractivity (Wildman–Crippen MR) is 89.7 cm³/mol. The lowest BCUT2D eigenvalue weighted by molar-refractivity contribution is -0.113. The van der Waals surface area contributed by atoms with E-state index in [9.17, 15) is 4.79 Å².